The first-order valence-electron chi connectivity index (χ1n) is 4.14. The Balaban J connectivity index is 2.33. The van der Waals surface area contributed by atoms with E-state index in [0.717, 1.165) is 5.56 Å². The van der Waals surface area contributed by atoms with Gasteiger partial charge >= 0.3 is 5.76 Å². The van der Waals surface area contributed by atoms with Crippen molar-refractivity contribution < 1.29 is 4.52 Å². The Kier molecular flexibility index (Phi) is 2.16. The van der Waals surface area contributed by atoms with E-state index in [1.165, 1.54) is 0 Å². The van der Waals surface area contributed by atoms with E-state index in [9.17, 15) is 4.79 Å². The lowest BCUT2D eigenvalue weighted by molar-refractivity contribution is 0.379. The Hall–Kier alpha value is -1.88. The summed E-state index contributed by atoms with van der Waals surface area (Å²) < 4.78 is 4.37. The van der Waals surface area contributed by atoms with Crippen molar-refractivity contribution in [2.24, 2.45) is 5.73 Å². The van der Waals surface area contributed by atoms with Gasteiger partial charge in [-0.05, 0) is 5.56 Å². The minimum absolute atomic E-state index is 0.334. The highest BCUT2D eigenvalue weighted by Crippen LogP contribution is 2.13. The van der Waals surface area contributed by atoms with Gasteiger partial charge in [0, 0.05) is 0 Å². The Bertz CT molecular complexity index is 460. The molecule has 0 saturated carbocycles. The zero-order chi connectivity index (χ0) is 9.97. The summed E-state index contributed by atoms with van der Waals surface area (Å²) in [7, 11) is 0. The first-order valence-corrected chi connectivity index (χ1v) is 4.14. The highest BCUT2D eigenvalue weighted by molar-refractivity contribution is 5.23. The van der Waals surface area contributed by atoms with Gasteiger partial charge in [0.05, 0.1) is 6.04 Å². The minimum Gasteiger partial charge on any atom is -0.318 e. The van der Waals surface area contributed by atoms with Crippen LogP contribution in [0.3, 0.4) is 0 Å². The predicted octanol–water partition coefficient (Wildman–Crippen LogP) is 0.411. The molecule has 1 atom stereocenters. The maximum Gasteiger partial charge on any atom is 0.438 e. The molecule has 0 fully saturated rings. The molecule has 0 amide bonds. The average Bonchev–Trinajstić information content (AvgIpc) is 2.65. The third-order valence-corrected chi connectivity index (χ3v) is 1.91. The number of benzene rings is 1. The normalized spacial score (nSPS) is 12.6. The summed E-state index contributed by atoms with van der Waals surface area (Å²) in [6.07, 6.45) is 0. The largest absolute Gasteiger partial charge is 0.438 e. The second kappa shape index (κ2) is 3.47. The predicted molar refractivity (Wildman–Crippen MR) is 49.6 cm³/mol. The van der Waals surface area contributed by atoms with Crippen molar-refractivity contribution in [2.75, 3.05) is 0 Å². The molecule has 1 aromatic carbocycles. The maximum absolute atomic E-state index is 10.7. The molecule has 3 N–H and O–H groups in total. The van der Waals surface area contributed by atoms with E-state index < -0.39 is 11.8 Å². The lowest BCUT2D eigenvalue weighted by Crippen LogP contribution is -2.14. The minimum atomic E-state index is -0.591. The maximum atomic E-state index is 10.7. The van der Waals surface area contributed by atoms with Gasteiger partial charge in [0.25, 0.3) is 0 Å². The van der Waals surface area contributed by atoms with E-state index >= 15 is 0 Å². The number of hydrogen-bond acceptors (Lipinski definition) is 4. The molecule has 14 heavy (non-hydrogen) atoms. The molecule has 1 heterocycles. The highest BCUT2D eigenvalue weighted by Gasteiger charge is 2.12. The number of aromatic nitrogens is 2. The zero-order valence-electron chi connectivity index (χ0n) is 7.31. The highest BCUT2D eigenvalue weighted by atomic mass is 16.5. The number of hydrogen-bond donors (Lipinski definition) is 2. The smallest absolute Gasteiger partial charge is 0.318 e. The second-order valence-electron chi connectivity index (χ2n) is 2.87. The second-order valence-corrected chi connectivity index (χ2v) is 2.87. The van der Waals surface area contributed by atoms with E-state index in [0.29, 0.717) is 5.82 Å². The Morgan fingerprint density at radius 2 is 2.07 bits per heavy atom. The van der Waals surface area contributed by atoms with Crippen molar-refractivity contribution in [1.82, 2.24) is 10.1 Å². The summed E-state index contributed by atoms with van der Waals surface area (Å²) in [5.74, 6) is -0.257. The molecule has 0 saturated heterocycles. The van der Waals surface area contributed by atoms with Gasteiger partial charge in [0.2, 0.25) is 0 Å². The zero-order valence-corrected chi connectivity index (χ0v) is 7.31. The molecule has 0 bridgehead atoms. The first kappa shape index (κ1) is 8.71. The number of nitrogens with one attached hydrogen (secondary N) is 1. The van der Waals surface area contributed by atoms with Crippen LogP contribution in [0.25, 0.3) is 0 Å². The summed E-state index contributed by atoms with van der Waals surface area (Å²) in [6.45, 7) is 0. The summed E-state index contributed by atoms with van der Waals surface area (Å²) in [5.41, 5.74) is 6.71. The first-order chi connectivity index (χ1) is 6.77. The van der Waals surface area contributed by atoms with Crippen LogP contribution in [0.2, 0.25) is 0 Å². The molecular weight excluding hydrogens is 182 g/mol. The van der Waals surface area contributed by atoms with Gasteiger partial charge < -0.3 is 5.73 Å². The Morgan fingerprint density at radius 3 is 2.64 bits per heavy atom. The van der Waals surface area contributed by atoms with E-state index in [1.807, 2.05) is 30.3 Å². The van der Waals surface area contributed by atoms with Gasteiger partial charge in [-0.1, -0.05) is 35.5 Å². The van der Waals surface area contributed by atoms with Crippen molar-refractivity contribution >= 4 is 0 Å². The van der Waals surface area contributed by atoms with Gasteiger partial charge in [-0.2, -0.15) is 0 Å². The molecule has 72 valence electrons. The third kappa shape index (κ3) is 1.57. The molecular formula is C9H9N3O2. The third-order valence-electron chi connectivity index (χ3n) is 1.91. The number of nitrogens with two attached hydrogens (primary N) is 1. The summed E-state index contributed by atoms with van der Waals surface area (Å²) >= 11 is 0. The number of H-pyrrole nitrogens is 1. The summed E-state index contributed by atoms with van der Waals surface area (Å²) in [4.78, 5) is 13.1. The van der Waals surface area contributed by atoms with Gasteiger partial charge in [-0.15, -0.1) is 0 Å². The Labute approximate surface area is 79.5 Å². The van der Waals surface area contributed by atoms with Gasteiger partial charge in [0.15, 0.2) is 5.82 Å². The molecule has 5 heteroatoms. The molecule has 1 aromatic heterocycles. The van der Waals surface area contributed by atoms with E-state index in [2.05, 4.69) is 14.7 Å². The standard InChI is InChI=1S/C9H9N3O2/c10-7(6-4-2-1-3-5-6)8-11-9(13)14-12-8/h1-5,7H,10H2,(H,11,12,13). The van der Waals surface area contributed by atoms with Crippen molar-refractivity contribution in [3.05, 3.63) is 52.3 Å². The van der Waals surface area contributed by atoms with Gasteiger partial charge in [-0.25, -0.2) is 4.79 Å². The van der Waals surface area contributed by atoms with Crippen LogP contribution in [0.1, 0.15) is 17.4 Å². The molecule has 1 unspecified atom stereocenters. The van der Waals surface area contributed by atoms with Crippen LogP contribution in [0.4, 0.5) is 0 Å². The molecule has 0 radical (unpaired) electrons. The lowest BCUT2D eigenvalue weighted by Gasteiger charge is -2.06. The van der Waals surface area contributed by atoms with Crippen molar-refractivity contribution in [2.45, 2.75) is 6.04 Å². The molecule has 5 nitrogen and oxygen atoms in total. The Morgan fingerprint density at radius 1 is 1.36 bits per heavy atom. The number of aromatic amines is 1. The monoisotopic (exact) mass is 191 g/mol. The molecule has 2 aromatic rings. The topological polar surface area (TPSA) is 84.9 Å². The van der Waals surface area contributed by atoms with Crippen molar-refractivity contribution in [1.29, 1.82) is 0 Å². The van der Waals surface area contributed by atoms with Gasteiger partial charge in [0.1, 0.15) is 0 Å². The van der Waals surface area contributed by atoms with Crippen molar-refractivity contribution in [3.63, 3.8) is 0 Å². The van der Waals surface area contributed by atoms with Crippen LogP contribution >= 0.6 is 0 Å². The summed E-state index contributed by atoms with van der Waals surface area (Å²) in [5, 5.41) is 3.52. The van der Waals surface area contributed by atoms with Crippen LogP contribution < -0.4 is 11.5 Å². The van der Waals surface area contributed by atoms with Crippen molar-refractivity contribution in [3.8, 4) is 0 Å². The quantitative estimate of drug-likeness (QED) is 0.720. The van der Waals surface area contributed by atoms with E-state index in [4.69, 9.17) is 5.73 Å². The molecule has 0 aliphatic rings. The lowest BCUT2D eigenvalue weighted by atomic mass is 10.1. The van der Waals surface area contributed by atoms with E-state index in [-0.39, 0.29) is 0 Å². The van der Waals surface area contributed by atoms with Crippen LogP contribution in [0.15, 0.2) is 39.6 Å². The van der Waals surface area contributed by atoms with Crippen LogP contribution in [-0.4, -0.2) is 10.1 Å². The molecule has 0 aliphatic carbocycles. The SMILES string of the molecule is NC(c1ccccc1)c1noc(=O)[nH]1. The van der Waals surface area contributed by atoms with Crippen LogP contribution in [-0.2, 0) is 0 Å². The molecule has 0 spiro atoms. The summed E-state index contributed by atoms with van der Waals surface area (Å²) in [6, 6.07) is 8.89. The molecule has 2 rings (SSSR count). The fourth-order valence-electron chi connectivity index (χ4n) is 1.19. The molecule has 0 aliphatic heterocycles. The van der Waals surface area contributed by atoms with Gasteiger partial charge in [-0.3, -0.25) is 9.51 Å². The number of nitrogens with zero attached hydrogens (tertiary/aromatic N) is 1. The van der Waals surface area contributed by atoms with E-state index in [1.54, 1.807) is 0 Å². The number of rotatable bonds is 2. The van der Waals surface area contributed by atoms with Crippen LogP contribution in [0.5, 0.6) is 0 Å². The average molecular weight is 191 g/mol. The van der Waals surface area contributed by atoms with Crippen LogP contribution in [0, 0.1) is 0 Å². The fourth-order valence-corrected chi connectivity index (χ4v) is 1.19. The fraction of sp³-hybridized carbons (Fsp3) is 0.111.